The Morgan fingerprint density at radius 2 is 1.90 bits per heavy atom. The topological polar surface area (TPSA) is 49.6 Å². The monoisotopic (exact) mass is 279 g/mol. The van der Waals surface area contributed by atoms with Crippen LogP contribution in [0.5, 0.6) is 0 Å². The predicted molar refractivity (Wildman–Crippen MR) is 83.1 cm³/mol. The maximum atomic E-state index is 12.2. The van der Waals surface area contributed by atoms with Crippen LogP contribution in [0.4, 0.5) is 0 Å². The van der Waals surface area contributed by atoms with Crippen molar-refractivity contribution in [3.05, 3.63) is 0 Å². The number of rotatable bonds is 7. The molecule has 4 nitrogen and oxygen atoms in total. The van der Waals surface area contributed by atoms with Gasteiger partial charge in [0.25, 0.3) is 0 Å². The normalized spacial score (nSPS) is 18.1. The van der Waals surface area contributed by atoms with Gasteiger partial charge in [0.05, 0.1) is 6.54 Å². The Morgan fingerprint density at radius 3 is 2.40 bits per heavy atom. The van der Waals surface area contributed by atoms with E-state index in [0.29, 0.717) is 31.3 Å². The minimum atomic E-state index is 0.285. The molecule has 2 N–H and O–H groups in total. The van der Waals surface area contributed by atoms with Crippen LogP contribution in [0.3, 0.4) is 0 Å². The zero-order valence-electron chi connectivity index (χ0n) is 13.0. The summed E-state index contributed by atoms with van der Waals surface area (Å²) in [6.07, 6.45) is 7.93. The molecule has 1 fully saturated rings. The molecule has 1 aliphatic rings. The van der Waals surface area contributed by atoms with Crippen LogP contribution >= 0.6 is 0 Å². The Labute approximate surface area is 123 Å². The van der Waals surface area contributed by atoms with Crippen molar-refractivity contribution in [2.75, 3.05) is 39.3 Å². The molecule has 0 aliphatic carbocycles. The lowest BCUT2D eigenvalue weighted by Crippen LogP contribution is -2.48. The minimum Gasteiger partial charge on any atom is -0.340 e. The highest BCUT2D eigenvalue weighted by Crippen LogP contribution is 2.21. The van der Waals surface area contributed by atoms with Crippen molar-refractivity contribution >= 4 is 5.91 Å². The molecule has 0 aromatic carbocycles. The molecule has 1 unspecified atom stereocenters. The van der Waals surface area contributed by atoms with Crippen LogP contribution in [0.15, 0.2) is 0 Å². The molecule has 1 amide bonds. The van der Waals surface area contributed by atoms with Gasteiger partial charge in [0, 0.05) is 32.6 Å². The first-order chi connectivity index (χ1) is 9.58. The fourth-order valence-corrected chi connectivity index (χ4v) is 2.78. The van der Waals surface area contributed by atoms with E-state index in [9.17, 15) is 4.79 Å². The highest BCUT2D eigenvalue weighted by Gasteiger charge is 2.21. The van der Waals surface area contributed by atoms with E-state index in [2.05, 4.69) is 24.7 Å². The number of nitrogens with two attached hydrogens (primary N) is 1. The summed E-state index contributed by atoms with van der Waals surface area (Å²) in [4.78, 5) is 16.4. The summed E-state index contributed by atoms with van der Waals surface area (Å²) in [5, 5.41) is 0. The van der Waals surface area contributed by atoms with E-state index < -0.39 is 0 Å². The van der Waals surface area contributed by atoms with Gasteiger partial charge in [0.2, 0.25) is 5.91 Å². The number of nitrogens with zero attached hydrogens (tertiary/aromatic N) is 2. The molecule has 1 saturated heterocycles. The van der Waals surface area contributed by atoms with Crippen LogP contribution in [-0.2, 0) is 4.79 Å². The highest BCUT2D eigenvalue weighted by molar-refractivity contribution is 5.76. The van der Waals surface area contributed by atoms with Crippen LogP contribution in [0.2, 0.25) is 0 Å². The molecule has 0 aromatic heterocycles. The summed E-state index contributed by atoms with van der Waals surface area (Å²) in [6.45, 7) is 9.23. The van der Waals surface area contributed by atoms with Crippen molar-refractivity contribution in [3.63, 3.8) is 0 Å². The maximum absolute atomic E-state index is 12.2. The van der Waals surface area contributed by atoms with Gasteiger partial charge < -0.3 is 10.6 Å². The number of hydrogen-bond acceptors (Lipinski definition) is 3. The van der Waals surface area contributed by atoms with E-state index in [0.717, 1.165) is 39.0 Å². The molecule has 0 bridgehead atoms. The van der Waals surface area contributed by atoms with Gasteiger partial charge >= 0.3 is 0 Å². The molecule has 0 aromatic rings. The second kappa shape index (κ2) is 8.99. The van der Waals surface area contributed by atoms with Crippen LogP contribution in [0.25, 0.3) is 0 Å². The predicted octanol–water partition coefficient (Wildman–Crippen LogP) is 1.17. The zero-order chi connectivity index (χ0) is 15.0. The van der Waals surface area contributed by atoms with Crippen molar-refractivity contribution in [3.8, 4) is 12.3 Å². The number of amides is 1. The molecule has 1 atom stereocenters. The molecule has 4 heteroatoms. The van der Waals surface area contributed by atoms with E-state index in [1.165, 1.54) is 0 Å². The van der Waals surface area contributed by atoms with Crippen molar-refractivity contribution < 1.29 is 4.79 Å². The quantitative estimate of drug-likeness (QED) is 0.712. The van der Waals surface area contributed by atoms with Gasteiger partial charge in [0.15, 0.2) is 0 Å². The average Bonchev–Trinajstić information content (AvgIpc) is 2.44. The first kappa shape index (κ1) is 17.0. The number of carbonyl (C=O) groups excluding carboxylic acids is 1. The second-order valence-corrected chi connectivity index (χ2v) is 5.98. The van der Waals surface area contributed by atoms with Crippen molar-refractivity contribution in [2.45, 2.75) is 33.1 Å². The lowest BCUT2D eigenvalue weighted by Gasteiger charge is -2.34. The van der Waals surface area contributed by atoms with E-state index in [4.69, 9.17) is 12.2 Å². The zero-order valence-corrected chi connectivity index (χ0v) is 13.0. The van der Waals surface area contributed by atoms with Gasteiger partial charge in [-0.2, -0.15) is 0 Å². The third kappa shape index (κ3) is 5.52. The molecule has 1 aliphatic heterocycles. The molecule has 0 spiro atoms. The summed E-state index contributed by atoms with van der Waals surface area (Å²) in [5.74, 6) is 4.10. The van der Waals surface area contributed by atoms with E-state index in [1.807, 2.05) is 4.90 Å². The van der Waals surface area contributed by atoms with E-state index in [-0.39, 0.29) is 5.91 Å². The van der Waals surface area contributed by atoms with Gasteiger partial charge in [-0.05, 0) is 31.2 Å². The smallest absolute Gasteiger partial charge is 0.222 e. The molecular weight excluding hydrogens is 250 g/mol. The minimum absolute atomic E-state index is 0.285. The largest absolute Gasteiger partial charge is 0.340 e. The molecule has 114 valence electrons. The Morgan fingerprint density at radius 1 is 1.25 bits per heavy atom. The summed E-state index contributed by atoms with van der Waals surface area (Å²) in [6, 6.07) is 0. The van der Waals surface area contributed by atoms with E-state index in [1.54, 1.807) is 0 Å². The number of carbonyl (C=O) groups is 1. The number of terminal acetylenes is 1. The summed E-state index contributed by atoms with van der Waals surface area (Å²) >= 11 is 0. The van der Waals surface area contributed by atoms with Crippen molar-refractivity contribution in [1.82, 2.24) is 9.80 Å². The van der Waals surface area contributed by atoms with Crippen LogP contribution < -0.4 is 5.73 Å². The standard InChI is InChI=1S/C16H29N3O/c1-4-9-18-10-12-19(13-11-18)16(20)6-5-15(7-8-17)14(2)3/h1,14-15H,5-13,17H2,2-3H3. The van der Waals surface area contributed by atoms with Crippen LogP contribution in [0.1, 0.15) is 33.1 Å². The first-order valence-corrected chi connectivity index (χ1v) is 7.72. The first-order valence-electron chi connectivity index (χ1n) is 7.72. The lowest BCUT2D eigenvalue weighted by molar-refractivity contribution is -0.133. The Bertz CT molecular complexity index is 327. The van der Waals surface area contributed by atoms with E-state index >= 15 is 0 Å². The fourth-order valence-electron chi connectivity index (χ4n) is 2.78. The molecule has 1 rings (SSSR count). The summed E-state index contributed by atoms with van der Waals surface area (Å²) < 4.78 is 0. The molecule has 0 saturated carbocycles. The van der Waals surface area contributed by atoms with Gasteiger partial charge in [-0.15, -0.1) is 6.42 Å². The number of piperazine rings is 1. The van der Waals surface area contributed by atoms with Gasteiger partial charge in [-0.3, -0.25) is 9.69 Å². The Balaban J connectivity index is 2.31. The molecule has 20 heavy (non-hydrogen) atoms. The third-order valence-corrected chi connectivity index (χ3v) is 4.25. The van der Waals surface area contributed by atoms with Crippen LogP contribution in [-0.4, -0.2) is 55.0 Å². The lowest BCUT2D eigenvalue weighted by atomic mass is 9.88. The van der Waals surface area contributed by atoms with Crippen LogP contribution in [0, 0.1) is 24.2 Å². The number of hydrogen-bond donors (Lipinski definition) is 1. The SMILES string of the molecule is C#CCN1CCN(C(=O)CCC(CCN)C(C)C)CC1. The van der Waals surface area contributed by atoms with Gasteiger partial charge in [-0.1, -0.05) is 19.8 Å². The Hall–Kier alpha value is -1.05. The molecule has 0 radical (unpaired) electrons. The van der Waals surface area contributed by atoms with Gasteiger partial charge in [-0.25, -0.2) is 0 Å². The van der Waals surface area contributed by atoms with Crippen molar-refractivity contribution in [2.24, 2.45) is 17.6 Å². The third-order valence-electron chi connectivity index (χ3n) is 4.25. The van der Waals surface area contributed by atoms with Crippen molar-refractivity contribution in [1.29, 1.82) is 0 Å². The molecule has 1 heterocycles. The highest BCUT2D eigenvalue weighted by atomic mass is 16.2. The average molecular weight is 279 g/mol. The maximum Gasteiger partial charge on any atom is 0.222 e. The Kier molecular flexibility index (Phi) is 7.64. The summed E-state index contributed by atoms with van der Waals surface area (Å²) in [7, 11) is 0. The second-order valence-electron chi connectivity index (χ2n) is 5.98. The molecular formula is C16H29N3O. The summed E-state index contributed by atoms with van der Waals surface area (Å²) in [5.41, 5.74) is 5.64. The van der Waals surface area contributed by atoms with Gasteiger partial charge in [0.1, 0.15) is 0 Å². The fraction of sp³-hybridized carbons (Fsp3) is 0.812.